The van der Waals surface area contributed by atoms with Crippen molar-refractivity contribution in [3.05, 3.63) is 20.1 Å². The lowest BCUT2D eigenvalue weighted by atomic mass is 10.6. The average Bonchev–Trinajstić information content (AvgIpc) is 1.88. The lowest BCUT2D eigenvalue weighted by Crippen LogP contribution is -1.85. The summed E-state index contributed by atoms with van der Waals surface area (Å²) in [6, 6.07) is 0. The molecular weight excluding hydrogens is 268 g/mol. The van der Waals surface area contributed by atoms with Gasteiger partial charge in [-0.05, 0) is 5.18 Å². The summed E-state index contributed by atoms with van der Waals surface area (Å²) in [4.78, 5) is 17.3. The van der Waals surface area contributed by atoms with E-state index in [2.05, 4.69) is 15.1 Å². The molecule has 0 radical (unpaired) electrons. The van der Waals surface area contributed by atoms with Gasteiger partial charge in [0.05, 0.1) is 6.20 Å². The van der Waals surface area contributed by atoms with Crippen LogP contribution in [0, 0.1) is 8.74 Å². The fraction of sp³-hybridized carbons (Fsp3) is 0. The number of nitrogens with zero attached hydrogens (tertiary/aromatic N) is 3. The molecule has 0 aromatic carbocycles. The molecule has 0 aliphatic rings. The molecule has 52 valence electrons. The van der Waals surface area contributed by atoms with Crippen LogP contribution in [0.2, 0.25) is 5.15 Å². The summed E-state index contributed by atoms with van der Waals surface area (Å²) in [5.74, 6) is 0. The molecule has 0 fully saturated rings. The van der Waals surface area contributed by atoms with E-state index in [1.165, 1.54) is 6.20 Å². The number of hydrogen-bond donors (Lipinski definition) is 0. The van der Waals surface area contributed by atoms with Crippen LogP contribution in [-0.2, 0) is 0 Å². The molecule has 1 heterocycles. The highest BCUT2D eigenvalue weighted by Gasteiger charge is 2.01. The van der Waals surface area contributed by atoms with Crippen LogP contribution in [0.3, 0.4) is 0 Å². The number of aromatic nitrogens is 2. The third kappa shape index (κ3) is 1.60. The van der Waals surface area contributed by atoms with E-state index in [1.54, 1.807) is 0 Å². The van der Waals surface area contributed by atoms with Crippen molar-refractivity contribution in [1.29, 1.82) is 0 Å². The van der Waals surface area contributed by atoms with Gasteiger partial charge in [-0.2, -0.15) is 0 Å². The minimum atomic E-state index is 0.0714. The molecule has 0 atom stereocenters. The van der Waals surface area contributed by atoms with Gasteiger partial charge >= 0.3 is 0 Å². The molecule has 4 nitrogen and oxygen atoms in total. The Bertz CT molecular complexity index is 267. The summed E-state index contributed by atoms with van der Waals surface area (Å²) >= 11 is 7.37. The van der Waals surface area contributed by atoms with Gasteiger partial charge in [0.15, 0.2) is 14.7 Å². The molecule has 0 unspecified atom stereocenters. The first-order valence-electron chi connectivity index (χ1n) is 2.25. The second-order valence-corrected chi connectivity index (χ2v) is 2.73. The fourth-order valence-electron chi connectivity index (χ4n) is 0.396. The van der Waals surface area contributed by atoms with Gasteiger partial charge in [0, 0.05) is 22.6 Å². The van der Waals surface area contributed by atoms with Gasteiger partial charge in [-0.1, -0.05) is 11.6 Å². The molecular formula is C4HClIN3O. The van der Waals surface area contributed by atoms with E-state index < -0.39 is 0 Å². The molecule has 0 bridgehead atoms. The van der Waals surface area contributed by atoms with Crippen LogP contribution in [0.15, 0.2) is 11.4 Å². The Hall–Kier alpha value is -0.300. The predicted octanol–water partition coefficient (Wildman–Crippen LogP) is 2.13. The summed E-state index contributed by atoms with van der Waals surface area (Å²) in [7, 11) is 0. The second kappa shape index (κ2) is 3.20. The Morgan fingerprint density at radius 1 is 1.70 bits per heavy atom. The average molecular weight is 269 g/mol. The maximum atomic E-state index is 9.92. The largest absolute Gasteiger partial charge is 0.229 e. The zero-order valence-corrected chi connectivity index (χ0v) is 7.50. The first kappa shape index (κ1) is 7.80. The van der Waals surface area contributed by atoms with Crippen LogP contribution < -0.4 is 0 Å². The third-order valence-corrected chi connectivity index (χ3v) is 1.59. The molecule has 0 saturated carbocycles. The van der Waals surface area contributed by atoms with Crippen LogP contribution in [0.1, 0.15) is 0 Å². The smallest absolute Gasteiger partial charge is 0.192 e. The minimum Gasteiger partial charge on any atom is -0.229 e. The Labute approximate surface area is 75.1 Å². The second-order valence-electron chi connectivity index (χ2n) is 1.41. The van der Waals surface area contributed by atoms with Crippen molar-refractivity contribution in [2.75, 3.05) is 0 Å². The van der Waals surface area contributed by atoms with Gasteiger partial charge in [0.2, 0.25) is 0 Å². The van der Waals surface area contributed by atoms with E-state index in [9.17, 15) is 4.91 Å². The third-order valence-electron chi connectivity index (χ3n) is 0.793. The summed E-state index contributed by atoms with van der Waals surface area (Å²) in [5, 5.41) is 2.69. The van der Waals surface area contributed by atoms with Crippen molar-refractivity contribution in [3.8, 4) is 0 Å². The van der Waals surface area contributed by atoms with Crippen molar-refractivity contribution >= 4 is 39.9 Å². The number of hydrogen-bond acceptors (Lipinski definition) is 4. The maximum absolute atomic E-state index is 9.92. The van der Waals surface area contributed by atoms with E-state index in [-0.39, 0.29) is 10.8 Å². The Balaban J connectivity index is 3.19. The molecule has 0 amide bonds. The van der Waals surface area contributed by atoms with E-state index in [1.807, 2.05) is 22.6 Å². The van der Waals surface area contributed by atoms with Crippen molar-refractivity contribution in [3.63, 3.8) is 0 Å². The standard InChI is InChI=1S/C4HClIN3O/c5-3-2(9-10)1-7-4(6)8-3/h1H. The topological polar surface area (TPSA) is 55.2 Å². The first-order chi connectivity index (χ1) is 4.74. The number of rotatable bonds is 1. The normalized spacial score (nSPS) is 9.40. The monoisotopic (exact) mass is 269 g/mol. The van der Waals surface area contributed by atoms with Crippen molar-refractivity contribution in [2.24, 2.45) is 5.18 Å². The molecule has 1 aromatic rings. The van der Waals surface area contributed by atoms with Crippen LogP contribution in [-0.4, -0.2) is 9.97 Å². The van der Waals surface area contributed by atoms with Crippen LogP contribution in [0.25, 0.3) is 0 Å². The van der Waals surface area contributed by atoms with Crippen LogP contribution in [0.4, 0.5) is 5.69 Å². The van der Waals surface area contributed by atoms with Gasteiger partial charge < -0.3 is 0 Å². The molecule has 1 rings (SSSR count). The first-order valence-corrected chi connectivity index (χ1v) is 3.71. The highest BCUT2D eigenvalue weighted by Crippen LogP contribution is 2.20. The van der Waals surface area contributed by atoms with E-state index in [0.717, 1.165) is 0 Å². The van der Waals surface area contributed by atoms with Gasteiger partial charge in [-0.25, -0.2) is 9.97 Å². The maximum Gasteiger partial charge on any atom is 0.192 e. The SMILES string of the molecule is O=Nc1cnc(I)nc1Cl. The zero-order chi connectivity index (χ0) is 7.56. The van der Waals surface area contributed by atoms with Gasteiger partial charge in [0.1, 0.15) is 0 Å². The van der Waals surface area contributed by atoms with Crippen LogP contribution in [0.5, 0.6) is 0 Å². The quantitative estimate of drug-likeness (QED) is 0.340. The Kier molecular flexibility index (Phi) is 2.50. The van der Waals surface area contributed by atoms with Crippen molar-refractivity contribution < 1.29 is 0 Å². The predicted molar refractivity (Wildman–Crippen MR) is 45.2 cm³/mol. The molecule has 1 aromatic heterocycles. The Morgan fingerprint density at radius 3 is 2.90 bits per heavy atom. The molecule has 0 saturated heterocycles. The summed E-state index contributed by atoms with van der Waals surface area (Å²) in [6.07, 6.45) is 1.28. The highest BCUT2D eigenvalue weighted by molar-refractivity contribution is 14.1. The van der Waals surface area contributed by atoms with E-state index in [4.69, 9.17) is 11.6 Å². The summed E-state index contributed by atoms with van der Waals surface area (Å²) in [6.45, 7) is 0. The molecule has 0 N–H and O–H groups in total. The lowest BCUT2D eigenvalue weighted by Gasteiger charge is -1.91. The van der Waals surface area contributed by atoms with Crippen molar-refractivity contribution in [2.45, 2.75) is 0 Å². The van der Waals surface area contributed by atoms with E-state index in [0.29, 0.717) is 3.83 Å². The molecule has 0 aliphatic carbocycles. The molecule has 0 spiro atoms. The highest BCUT2D eigenvalue weighted by atomic mass is 127. The minimum absolute atomic E-state index is 0.0714. The molecule has 6 heteroatoms. The van der Waals surface area contributed by atoms with Crippen LogP contribution >= 0.6 is 34.2 Å². The fourth-order valence-corrected chi connectivity index (χ4v) is 1.08. The molecule has 0 aliphatic heterocycles. The number of halogens is 2. The summed E-state index contributed by atoms with van der Waals surface area (Å²) < 4.78 is 0.495. The molecule has 10 heavy (non-hydrogen) atoms. The number of nitroso groups, excluding NO2 is 1. The van der Waals surface area contributed by atoms with E-state index >= 15 is 0 Å². The lowest BCUT2D eigenvalue weighted by molar-refractivity contribution is 1.10. The Morgan fingerprint density at radius 2 is 2.40 bits per heavy atom. The van der Waals surface area contributed by atoms with Gasteiger partial charge in [-0.15, -0.1) is 4.91 Å². The zero-order valence-electron chi connectivity index (χ0n) is 4.58. The van der Waals surface area contributed by atoms with Gasteiger partial charge in [-0.3, -0.25) is 0 Å². The van der Waals surface area contributed by atoms with Crippen molar-refractivity contribution in [1.82, 2.24) is 9.97 Å². The van der Waals surface area contributed by atoms with Gasteiger partial charge in [0.25, 0.3) is 0 Å². The summed E-state index contributed by atoms with van der Waals surface area (Å²) in [5.41, 5.74) is 0.0714.